The highest BCUT2D eigenvalue weighted by molar-refractivity contribution is 7.20. The van der Waals surface area contributed by atoms with Gasteiger partial charge in [0.05, 0.1) is 16.6 Å². The van der Waals surface area contributed by atoms with Crippen molar-refractivity contribution in [2.24, 2.45) is 5.92 Å². The minimum Gasteiger partial charge on any atom is -0.331 e. The van der Waals surface area contributed by atoms with E-state index < -0.39 is 0 Å². The molecule has 132 valence electrons. The van der Waals surface area contributed by atoms with Crippen LogP contribution in [0.4, 0.5) is 0 Å². The number of rotatable bonds is 3. The monoisotopic (exact) mass is 373 g/mol. The molecule has 0 radical (unpaired) electrons. The molecule has 6 heteroatoms. The molecule has 4 rings (SSSR count). The van der Waals surface area contributed by atoms with E-state index in [1.54, 1.807) is 22.7 Å². The molecule has 0 bridgehead atoms. The third kappa shape index (κ3) is 2.81. The summed E-state index contributed by atoms with van der Waals surface area (Å²) < 4.78 is 2.06. The van der Waals surface area contributed by atoms with Crippen molar-refractivity contribution in [3.8, 4) is 0 Å². The Morgan fingerprint density at radius 3 is 3.00 bits per heavy atom. The summed E-state index contributed by atoms with van der Waals surface area (Å²) in [6, 6.07) is 4.36. The maximum atomic E-state index is 13.2. The van der Waals surface area contributed by atoms with Gasteiger partial charge in [-0.15, -0.1) is 22.7 Å². The lowest BCUT2D eigenvalue weighted by molar-refractivity contribution is 0.0684. The third-order valence-corrected chi connectivity index (χ3v) is 7.03. The van der Waals surface area contributed by atoms with E-state index in [2.05, 4.69) is 42.0 Å². The molecule has 3 aromatic heterocycles. The molecule has 1 unspecified atom stereocenters. The van der Waals surface area contributed by atoms with Gasteiger partial charge >= 0.3 is 0 Å². The van der Waals surface area contributed by atoms with Crippen LogP contribution in [-0.4, -0.2) is 27.1 Å². The number of hydrogen-bond donors (Lipinski definition) is 0. The molecule has 4 heterocycles. The summed E-state index contributed by atoms with van der Waals surface area (Å²) >= 11 is 3.39. The Balaban J connectivity index is 1.67. The van der Waals surface area contributed by atoms with Crippen molar-refractivity contribution in [2.45, 2.75) is 46.7 Å². The van der Waals surface area contributed by atoms with Crippen molar-refractivity contribution in [2.75, 3.05) is 6.54 Å². The van der Waals surface area contributed by atoms with Crippen LogP contribution in [0.2, 0.25) is 0 Å². The van der Waals surface area contributed by atoms with Crippen LogP contribution in [0.5, 0.6) is 0 Å². The van der Waals surface area contributed by atoms with Gasteiger partial charge in [0.25, 0.3) is 5.91 Å². The predicted octanol–water partition coefficient (Wildman–Crippen LogP) is 4.88. The number of nitrogens with zero attached hydrogens (tertiary/aromatic N) is 3. The molecule has 0 aromatic carbocycles. The first-order chi connectivity index (χ1) is 12.0. The van der Waals surface area contributed by atoms with Gasteiger partial charge in [0, 0.05) is 23.4 Å². The van der Waals surface area contributed by atoms with Crippen molar-refractivity contribution >= 4 is 38.8 Å². The summed E-state index contributed by atoms with van der Waals surface area (Å²) in [5.74, 6) is 0.684. The van der Waals surface area contributed by atoms with E-state index in [4.69, 9.17) is 0 Å². The summed E-state index contributed by atoms with van der Waals surface area (Å²) in [6.45, 7) is 10.2. The molecule has 1 amide bonds. The van der Waals surface area contributed by atoms with Gasteiger partial charge in [-0.25, -0.2) is 0 Å². The van der Waals surface area contributed by atoms with Crippen molar-refractivity contribution < 1.29 is 4.79 Å². The quantitative estimate of drug-likeness (QED) is 0.656. The van der Waals surface area contributed by atoms with Crippen molar-refractivity contribution in [3.05, 3.63) is 38.5 Å². The predicted molar refractivity (Wildman–Crippen MR) is 105 cm³/mol. The minimum atomic E-state index is 0.154. The number of carbonyl (C=O) groups excluding carboxylic acids is 1. The van der Waals surface area contributed by atoms with Gasteiger partial charge in [-0.3, -0.25) is 9.48 Å². The largest absolute Gasteiger partial charge is 0.331 e. The third-order valence-electron chi connectivity index (χ3n) is 4.89. The number of fused-ring (bicyclic) bond motifs is 2. The van der Waals surface area contributed by atoms with E-state index in [-0.39, 0.29) is 11.9 Å². The van der Waals surface area contributed by atoms with Crippen LogP contribution in [0.3, 0.4) is 0 Å². The summed E-state index contributed by atoms with van der Waals surface area (Å²) in [5, 5.41) is 7.90. The highest BCUT2D eigenvalue weighted by atomic mass is 32.1. The molecular weight excluding hydrogens is 350 g/mol. The van der Waals surface area contributed by atoms with E-state index >= 15 is 0 Å². The van der Waals surface area contributed by atoms with Gasteiger partial charge in [-0.2, -0.15) is 5.10 Å². The number of amides is 1. The molecule has 1 aliphatic heterocycles. The van der Waals surface area contributed by atoms with Gasteiger partial charge < -0.3 is 4.90 Å². The van der Waals surface area contributed by atoms with Crippen molar-refractivity contribution in [1.82, 2.24) is 14.7 Å². The molecule has 0 N–H and O–H groups in total. The summed E-state index contributed by atoms with van der Waals surface area (Å²) in [5.41, 5.74) is 2.32. The highest BCUT2D eigenvalue weighted by Crippen LogP contribution is 2.36. The maximum Gasteiger partial charge on any atom is 0.264 e. The Bertz CT molecular complexity index is 934. The van der Waals surface area contributed by atoms with Gasteiger partial charge in [-0.05, 0) is 49.3 Å². The molecule has 1 atom stereocenters. The first-order valence-electron chi connectivity index (χ1n) is 8.80. The van der Waals surface area contributed by atoms with Crippen LogP contribution in [0.15, 0.2) is 17.5 Å². The van der Waals surface area contributed by atoms with E-state index in [9.17, 15) is 4.79 Å². The average molecular weight is 374 g/mol. The fourth-order valence-electron chi connectivity index (χ4n) is 3.62. The lowest BCUT2D eigenvalue weighted by atomic mass is 10.0. The molecule has 0 aliphatic carbocycles. The second-order valence-corrected chi connectivity index (χ2v) is 9.25. The van der Waals surface area contributed by atoms with Gasteiger partial charge in [0.2, 0.25) is 0 Å². The Morgan fingerprint density at radius 2 is 2.24 bits per heavy atom. The Labute approximate surface area is 156 Å². The molecule has 4 nitrogen and oxygen atoms in total. The zero-order chi connectivity index (χ0) is 17.7. The lowest BCUT2D eigenvalue weighted by Crippen LogP contribution is -2.37. The van der Waals surface area contributed by atoms with Crippen LogP contribution in [0.1, 0.15) is 52.6 Å². The topological polar surface area (TPSA) is 38.1 Å². The first kappa shape index (κ1) is 16.8. The lowest BCUT2D eigenvalue weighted by Gasteiger charge is -2.33. The maximum absolute atomic E-state index is 13.2. The van der Waals surface area contributed by atoms with Crippen LogP contribution >= 0.6 is 22.7 Å². The van der Waals surface area contributed by atoms with Crippen LogP contribution in [0.25, 0.3) is 10.2 Å². The molecule has 1 aliphatic rings. The van der Waals surface area contributed by atoms with E-state index in [0.29, 0.717) is 5.92 Å². The first-order valence-corrected chi connectivity index (χ1v) is 10.5. The minimum absolute atomic E-state index is 0.154. The smallest absolute Gasteiger partial charge is 0.264 e. The zero-order valence-electron chi connectivity index (χ0n) is 15.1. The van der Waals surface area contributed by atoms with E-state index in [0.717, 1.165) is 40.3 Å². The second-order valence-electron chi connectivity index (χ2n) is 7.21. The number of carbonyl (C=O) groups is 1. The van der Waals surface area contributed by atoms with Crippen molar-refractivity contribution in [1.29, 1.82) is 0 Å². The van der Waals surface area contributed by atoms with Gasteiger partial charge in [0.15, 0.2) is 0 Å². The van der Waals surface area contributed by atoms with E-state index in [1.807, 2.05) is 17.9 Å². The number of hydrogen-bond acceptors (Lipinski definition) is 4. The Morgan fingerprint density at radius 1 is 1.44 bits per heavy atom. The summed E-state index contributed by atoms with van der Waals surface area (Å²) in [7, 11) is 0. The molecule has 0 spiro atoms. The SMILES string of the molecule is Cc1nn(CC(C)C)c2sc(C(=O)N3CCc4sccc4C3C)cc12. The molecule has 3 aromatic rings. The molecule has 0 saturated carbocycles. The molecule has 25 heavy (non-hydrogen) atoms. The second kappa shape index (κ2) is 6.25. The van der Waals surface area contributed by atoms with Crippen molar-refractivity contribution in [3.63, 3.8) is 0 Å². The fourth-order valence-corrected chi connectivity index (χ4v) is 5.71. The van der Waals surface area contributed by atoms with Gasteiger partial charge in [-0.1, -0.05) is 13.8 Å². The Hall–Kier alpha value is -1.66. The molecule has 0 saturated heterocycles. The highest BCUT2D eigenvalue weighted by Gasteiger charge is 2.30. The Kier molecular flexibility index (Phi) is 4.20. The van der Waals surface area contributed by atoms with Crippen LogP contribution < -0.4 is 0 Å². The number of aromatic nitrogens is 2. The molecular formula is C19H23N3OS2. The van der Waals surface area contributed by atoms with Crippen LogP contribution in [-0.2, 0) is 13.0 Å². The number of thiophene rings is 2. The molecule has 0 fully saturated rings. The van der Waals surface area contributed by atoms with Crippen LogP contribution in [0, 0.1) is 12.8 Å². The van der Waals surface area contributed by atoms with E-state index in [1.165, 1.54) is 10.4 Å². The number of aryl methyl sites for hydroxylation is 1. The summed E-state index contributed by atoms with van der Waals surface area (Å²) in [6.07, 6.45) is 0.966. The summed E-state index contributed by atoms with van der Waals surface area (Å²) in [4.78, 5) is 18.6. The average Bonchev–Trinajstić information content (AvgIpc) is 3.25. The standard InChI is InChI=1S/C19H23N3OS2/c1-11(2)10-22-19-15(12(3)20-22)9-17(25-19)18(23)21-7-5-16-14(13(21)4)6-8-24-16/h6,8-9,11,13H,5,7,10H2,1-4H3. The van der Waals surface area contributed by atoms with Gasteiger partial charge in [0.1, 0.15) is 4.83 Å². The fraction of sp³-hybridized carbons (Fsp3) is 0.474. The normalized spacial score (nSPS) is 17.5. The zero-order valence-corrected chi connectivity index (χ0v) is 16.7.